The van der Waals surface area contributed by atoms with Crippen molar-refractivity contribution in [3.63, 3.8) is 0 Å². The Morgan fingerprint density at radius 1 is 0.892 bits per heavy atom. The van der Waals surface area contributed by atoms with Crippen LogP contribution in [-0.2, 0) is 30.3 Å². The van der Waals surface area contributed by atoms with E-state index in [2.05, 4.69) is 12.2 Å². The lowest BCUT2D eigenvalue weighted by molar-refractivity contribution is -0.150. The van der Waals surface area contributed by atoms with Gasteiger partial charge < -0.3 is 19.5 Å². The SMILES string of the molecule is CCCCCCOc1ccc(-c2cccc(CCC(COC(C)=O)(COC(C)=O)NC(C)=O)c2)cc1Cl. The van der Waals surface area contributed by atoms with Crippen molar-refractivity contribution < 1.29 is 28.6 Å². The second-order valence-electron chi connectivity index (χ2n) is 9.28. The van der Waals surface area contributed by atoms with E-state index in [1.165, 1.54) is 33.6 Å². The largest absolute Gasteiger partial charge is 0.492 e. The van der Waals surface area contributed by atoms with E-state index >= 15 is 0 Å². The first kappa shape index (κ1) is 30.2. The molecule has 1 amide bonds. The van der Waals surface area contributed by atoms with Gasteiger partial charge in [0, 0.05) is 20.8 Å². The van der Waals surface area contributed by atoms with Gasteiger partial charge in [0.25, 0.3) is 0 Å². The molecule has 0 saturated carbocycles. The fourth-order valence-electron chi connectivity index (χ4n) is 3.97. The van der Waals surface area contributed by atoms with Crippen molar-refractivity contribution in [2.45, 2.75) is 71.8 Å². The molecule has 0 unspecified atom stereocenters. The summed E-state index contributed by atoms with van der Waals surface area (Å²) in [5.41, 5.74) is 1.90. The molecule has 37 heavy (non-hydrogen) atoms. The molecule has 2 aromatic carbocycles. The second-order valence-corrected chi connectivity index (χ2v) is 9.68. The number of aryl methyl sites for hydroxylation is 1. The van der Waals surface area contributed by atoms with Gasteiger partial charge in [0.05, 0.1) is 11.6 Å². The summed E-state index contributed by atoms with van der Waals surface area (Å²) in [7, 11) is 0. The highest BCUT2D eigenvalue weighted by atomic mass is 35.5. The van der Waals surface area contributed by atoms with E-state index in [-0.39, 0.29) is 19.1 Å². The first-order chi connectivity index (χ1) is 17.6. The van der Waals surface area contributed by atoms with Gasteiger partial charge in [0.1, 0.15) is 24.5 Å². The molecule has 1 N–H and O–H groups in total. The Morgan fingerprint density at radius 3 is 2.16 bits per heavy atom. The number of rotatable bonds is 15. The third kappa shape index (κ3) is 10.8. The van der Waals surface area contributed by atoms with Crippen molar-refractivity contribution in [1.29, 1.82) is 0 Å². The standard InChI is InChI=1S/C29H38ClNO6/c1-5-6-7-8-16-35-28-13-12-26(18-27(28)30)25-11-9-10-24(17-25)14-15-29(31-21(2)32,19-36-22(3)33)20-37-23(4)34/h9-13,17-18H,5-8,14-16,19-20H2,1-4H3,(H,31,32). The summed E-state index contributed by atoms with van der Waals surface area (Å²) in [6.07, 6.45) is 5.46. The van der Waals surface area contributed by atoms with E-state index in [1.807, 2.05) is 42.5 Å². The number of halogens is 1. The Kier molecular flexibility index (Phi) is 12.4. The van der Waals surface area contributed by atoms with Crippen LogP contribution in [0.5, 0.6) is 5.75 Å². The lowest BCUT2D eigenvalue weighted by Gasteiger charge is -2.33. The highest BCUT2D eigenvalue weighted by Gasteiger charge is 2.34. The van der Waals surface area contributed by atoms with Crippen molar-refractivity contribution in [2.24, 2.45) is 0 Å². The smallest absolute Gasteiger partial charge is 0.302 e. The van der Waals surface area contributed by atoms with Gasteiger partial charge in [-0.05, 0) is 48.1 Å². The van der Waals surface area contributed by atoms with Crippen LogP contribution in [0.4, 0.5) is 0 Å². The first-order valence-electron chi connectivity index (χ1n) is 12.7. The lowest BCUT2D eigenvalue weighted by atomic mass is 9.91. The lowest BCUT2D eigenvalue weighted by Crippen LogP contribution is -2.55. The van der Waals surface area contributed by atoms with Crippen LogP contribution in [0.25, 0.3) is 11.1 Å². The molecule has 0 spiro atoms. The predicted molar refractivity (Wildman–Crippen MR) is 145 cm³/mol. The van der Waals surface area contributed by atoms with Crippen molar-refractivity contribution in [3.8, 4) is 16.9 Å². The van der Waals surface area contributed by atoms with Crippen LogP contribution < -0.4 is 10.1 Å². The molecule has 2 rings (SSSR count). The van der Waals surface area contributed by atoms with Crippen molar-refractivity contribution in [2.75, 3.05) is 19.8 Å². The van der Waals surface area contributed by atoms with E-state index in [1.54, 1.807) is 0 Å². The Bertz CT molecular complexity index is 1040. The van der Waals surface area contributed by atoms with E-state index in [0.717, 1.165) is 29.5 Å². The minimum Gasteiger partial charge on any atom is -0.492 e. The molecule has 0 atom stereocenters. The summed E-state index contributed by atoms with van der Waals surface area (Å²) in [6.45, 7) is 6.57. The van der Waals surface area contributed by atoms with Gasteiger partial charge in [0.2, 0.25) is 5.91 Å². The topological polar surface area (TPSA) is 90.9 Å². The average Bonchev–Trinajstić information content (AvgIpc) is 2.85. The number of benzene rings is 2. The number of carbonyl (C=O) groups excluding carboxylic acids is 3. The van der Waals surface area contributed by atoms with Crippen LogP contribution in [0.2, 0.25) is 5.02 Å². The average molecular weight is 532 g/mol. The van der Waals surface area contributed by atoms with Gasteiger partial charge in [-0.15, -0.1) is 0 Å². The summed E-state index contributed by atoms with van der Waals surface area (Å²) in [6, 6.07) is 13.8. The fraction of sp³-hybridized carbons (Fsp3) is 0.483. The number of amides is 1. The maximum Gasteiger partial charge on any atom is 0.302 e. The molecule has 0 radical (unpaired) electrons. The van der Waals surface area contributed by atoms with Crippen molar-refractivity contribution in [3.05, 3.63) is 53.1 Å². The van der Waals surface area contributed by atoms with Crippen molar-refractivity contribution >= 4 is 29.4 Å². The molecule has 0 aliphatic rings. The Morgan fingerprint density at radius 2 is 1.57 bits per heavy atom. The second kappa shape index (κ2) is 15.3. The molecule has 0 aliphatic heterocycles. The molecule has 0 aromatic heterocycles. The van der Waals surface area contributed by atoms with Gasteiger partial charge in [-0.2, -0.15) is 0 Å². The zero-order chi connectivity index (χ0) is 27.3. The third-order valence-corrected chi connectivity index (χ3v) is 6.18. The number of nitrogens with one attached hydrogen (secondary N) is 1. The number of hydrogen-bond acceptors (Lipinski definition) is 6. The van der Waals surface area contributed by atoms with E-state index < -0.39 is 17.5 Å². The molecule has 0 fully saturated rings. The zero-order valence-electron chi connectivity index (χ0n) is 22.2. The Balaban J connectivity index is 2.15. The van der Waals surface area contributed by atoms with Crippen LogP contribution in [0.3, 0.4) is 0 Å². The molecule has 8 heteroatoms. The normalized spacial score (nSPS) is 11.1. The van der Waals surface area contributed by atoms with E-state index in [0.29, 0.717) is 30.2 Å². The summed E-state index contributed by atoms with van der Waals surface area (Å²) in [4.78, 5) is 34.9. The van der Waals surface area contributed by atoms with E-state index in [4.69, 9.17) is 25.8 Å². The number of carbonyl (C=O) groups is 3. The van der Waals surface area contributed by atoms with Gasteiger partial charge >= 0.3 is 11.9 Å². The van der Waals surface area contributed by atoms with Gasteiger partial charge in [-0.1, -0.05) is 68.1 Å². The fourth-order valence-corrected chi connectivity index (χ4v) is 4.21. The Hall–Kier alpha value is -3.06. The number of ether oxygens (including phenoxy) is 3. The highest BCUT2D eigenvalue weighted by molar-refractivity contribution is 6.32. The molecule has 202 valence electrons. The van der Waals surface area contributed by atoms with Crippen LogP contribution in [0, 0.1) is 0 Å². The first-order valence-corrected chi connectivity index (χ1v) is 13.1. The molecule has 0 saturated heterocycles. The van der Waals surface area contributed by atoms with Gasteiger partial charge in [0.15, 0.2) is 0 Å². The molecule has 0 bridgehead atoms. The molecular weight excluding hydrogens is 494 g/mol. The quantitative estimate of drug-likeness (QED) is 0.227. The summed E-state index contributed by atoms with van der Waals surface area (Å²) < 4.78 is 16.3. The van der Waals surface area contributed by atoms with Gasteiger partial charge in [-0.25, -0.2) is 0 Å². The molecule has 7 nitrogen and oxygen atoms in total. The number of unbranched alkanes of at least 4 members (excludes halogenated alkanes) is 3. The van der Waals surface area contributed by atoms with Crippen LogP contribution in [-0.4, -0.2) is 43.2 Å². The molecular formula is C29H38ClNO6. The zero-order valence-corrected chi connectivity index (χ0v) is 23.0. The maximum atomic E-state index is 12.0. The molecule has 0 heterocycles. The van der Waals surface area contributed by atoms with Crippen LogP contribution in [0.15, 0.2) is 42.5 Å². The van der Waals surface area contributed by atoms with Gasteiger partial charge in [-0.3, -0.25) is 14.4 Å². The molecule has 0 aliphatic carbocycles. The number of esters is 2. The summed E-state index contributed by atoms with van der Waals surface area (Å²) in [5, 5.41) is 3.40. The molecule has 2 aromatic rings. The van der Waals surface area contributed by atoms with Crippen LogP contribution in [0.1, 0.15) is 65.4 Å². The van der Waals surface area contributed by atoms with E-state index in [9.17, 15) is 14.4 Å². The minimum atomic E-state index is -1.04. The monoisotopic (exact) mass is 531 g/mol. The Labute approximate surface area is 224 Å². The van der Waals surface area contributed by atoms with Crippen molar-refractivity contribution in [1.82, 2.24) is 5.32 Å². The predicted octanol–water partition coefficient (Wildman–Crippen LogP) is 5.90. The third-order valence-electron chi connectivity index (χ3n) is 5.88. The van der Waals surface area contributed by atoms with Crippen LogP contribution >= 0.6 is 11.6 Å². The highest BCUT2D eigenvalue weighted by Crippen LogP contribution is 2.31. The minimum absolute atomic E-state index is 0.107. The summed E-state index contributed by atoms with van der Waals surface area (Å²) >= 11 is 6.50. The summed E-state index contributed by atoms with van der Waals surface area (Å²) in [5.74, 6) is -0.598. The number of hydrogen-bond donors (Lipinski definition) is 1. The maximum absolute atomic E-state index is 12.0.